The number of amides is 1. The Morgan fingerprint density at radius 3 is 2.52 bits per heavy atom. The van der Waals surface area contributed by atoms with E-state index in [0.29, 0.717) is 6.54 Å². The average molecular weight is 302 g/mol. The molecular weight excluding hydrogens is 280 g/mol. The standard InChI is InChI=1S/C17H22N2OS/c1-4-5-11-19(12-15-9-7-6-8-10-15)17(20)16-13(2)18-14(3)21-16/h6-10H,4-5,11-12H2,1-3H3. The van der Waals surface area contributed by atoms with E-state index in [-0.39, 0.29) is 5.91 Å². The second-order valence-corrected chi connectivity index (χ2v) is 6.42. The van der Waals surface area contributed by atoms with Crippen molar-refractivity contribution in [2.45, 2.75) is 40.2 Å². The third-order valence-corrected chi connectivity index (χ3v) is 4.44. The van der Waals surface area contributed by atoms with Gasteiger partial charge in [0.15, 0.2) is 0 Å². The number of nitrogens with zero attached hydrogens (tertiary/aromatic N) is 2. The highest BCUT2D eigenvalue weighted by molar-refractivity contribution is 7.13. The van der Waals surface area contributed by atoms with Gasteiger partial charge >= 0.3 is 0 Å². The van der Waals surface area contributed by atoms with Gasteiger partial charge in [-0.2, -0.15) is 0 Å². The summed E-state index contributed by atoms with van der Waals surface area (Å²) in [5.74, 6) is 0.107. The summed E-state index contributed by atoms with van der Waals surface area (Å²) in [5.41, 5.74) is 2.01. The van der Waals surface area contributed by atoms with Crippen LogP contribution in [-0.4, -0.2) is 22.3 Å². The van der Waals surface area contributed by atoms with Crippen LogP contribution in [0.5, 0.6) is 0 Å². The quantitative estimate of drug-likeness (QED) is 0.801. The van der Waals surface area contributed by atoms with E-state index in [1.807, 2.05) is 36.9 Å². The highest BCUT2D eigenvalue weighted by Crippen LogP contribution is 2.20. The van der Waals surface area contributed by atoms with Crippen molar-refractivity contribution in [2.75, 3.05) is 6.54 Å². The summed E-state index contributed by atoms with van der Waals surface area (Å²) in [6.45, 7) is 7.46. The number of aryl methyl sites for hydroxylation is 2. The van der Waals surface area contributed by atoms with E-state index < -0.39 is 0 Å². The molecule has 0 N–H and O–H groups in total. The first-order valence-electron chi connectivity index (χ1n) is 7.39. The molecule has 1 amide bonds. The van der Waals surface area contributed by atoms with Crippen LogP contribution < -0.4 is 0 Å². The molecule has 1 heterocycles. The molecule has 0 bridgehead atoms. The van der Waals surface area contributed by atoms with E-state index in [1.54, 1.807) is 0 Å². The van der Waals surface area contributed by atoms with Gasteiger partial charge in [-0.15, -0.1) is 11.3 Å². The average Bonchev–Trinajstić information content (AvgIpc) is 2.82. The van der Waals surface area contributed by atoms with E-state index in [0.717, 1.165) is 35.0 Å². The summed E-state index contributed by atoms with van der Waals surface area (Å²) in [5, 5.41) is 0.950. The molecule has 0 saturated heterocycles. The number of benzene rings is 1. The Morgan fingerprint density at radius 1 is 1.24 bits per heavy atom. The van der Waals surface area contributed by atoms with Crippen LogP contribution in [0.1, 0.15) is 45.7 Å². The lowest BCUT2D eigenvalue weighted by Gasteiger charge is -2.22. The number of unbranched alkanes of at least 4 members (excludes halogenated alkanes) is 1. The van der Waals surface area contributed by atoms with Gasteiger partial charge in [-0.05, 0) is 25.8 Å². The fourth-order valence-electron chi connectivity index (χ4n) is 2.28. The van der Waals surface area contributed by atoms with Crippen molar-refractivity contribution in [3.8, 4) is 0 Å². The van der Waals surface area contributed by atoms with Crippen molar-refractivity contribution >= 4 is 17.2 Å². The molecule has 2 rings (SSSR count). The van der Waals surface area contributed by atoms with Crippen LogP contribution in [0, 0.1) is 13.8 Å². The number of rotatable bonds is 6. The van der Waals surface area contributed by atoms with E-state index in [2.05, 4.69) is 24.0 Å². The molecule has 1 aromatic heterocycles. The summed E-state index contributed by atoms with van der Waals surface area (Å²) in [4.78, 5) is 19.9. The maximum absolute atomic E-state index is 12.8. The van der Waals surface area contributed by atoms with Gasteiger partial charge in [0, 0.05) is 13.1 Å². The van der Waals surface area contributed by atoms with Gasteiger partial charge in [-0.3, -0.25) is 4.79 Å². The molecule has 0 unspecified atom stereocenters. The summed E-state index contributed by atoms with van der Waals surface area (Å²) < 4.78 is 0. The Kier molecular flexibility index (Phi) is 5.51. The lowest BCUT2D eigenvalue weighted by atomic mass is 10.2. The van der Waals surface area contributed by atoms with Gasteiger partial charge in [0.05, 0.1) is 10.7 Å². The number of carbonyl (C=O) groups is 1. The number of hydrogen-bond acceptors (Lipinski definition) is 3. The SMILES string of the molecule is CCCCN(Cc1ccccc1)C(=O)c1sc(C)nc1C. The van der Waals surface area contributed by atoms with E-state index >= 15 is 0 Å². The third kappa shape index (κ3) is 4.14. The molecule has 0 saturated carbocycles. The van der Waals surface area contributed by atoms with Crippen molar-refractivity contribution in [1.29, 1.82) is 0 Å². The Morgan fingerprint density at radius 2 is 1.95 bits per heavy atom. The van der Waals surface area contributed by atoms with Crippen LogP contribution in [0.15, 0.2) is 30.3 Å². The van der Waals surface area contributed by atoms with Crippen LogP contribution >= 0.6 is 11.3 Å². The molecule has 0 aliphatic rings. The van der Waals surface area contributed by atoms with Gasteiger partial charge in [0.25, 0.3) is 5.91 Å². The van der Waals surface area contributed by atoms with Gasteiger partial charge in [0.2, 0.25) is 0 Å². The van der Waals surface area contributed by atoms with Crippen molar-refractivity contribution in [1.82, 2.24) is 9.88 Å². The Bertz CT molecular complexity index is 592. The highest BCUT2D eigenvalue weighted by Gasteiger charge is 2.20. The Balaban J connectivity index is 2.19. The molecule has 21 heavy (non-hydrogen) atoms. The zero-order chi connectivity index (χ0) is 15.2. The van der Waals surface area contributed by atoms with Gasteiger partial charge in [-0.1, -0.05) is 43.7 Å². The largest absolute Gasteiger partial charge is 0.334 e. The molecule has 0 fully saturated rings. The smallest absolute Gasteiger partial charge is 0.266 e. The van der Waals surface area contributed by atoms with Gasteiger partial charge < -0.3 is 4.90 Å². The number of aromatic nitrogens is 1. The molecule has 0 radical (unpaired) electrons. The van der Waals surface area contributed by atoms with Gasteiger partial charge in [-0.25, -0.2) is 4.98 Å². The highest BCUT2D eigenvalue weighted by atomic mass is 32.1. The van der Waals surface area contributed by atoms with Crippen LogP contribution in [0.4, 0.5) is 0 Å². The molecule has 0 atom stereocenters. The molecule has 3 nitrogen and oxygen atoms in total. The molecule has 112 valence electrons. The van der Waals surface area contributed by atoms with Gasteiger partial charge in [0.1, 0.15) is 4.88 Å². The van der Waals surface area contributed by atoms with Crippen LogP contribution in [0.3, 0.4) is 0 Å². The number of hydrogen-bond donors (Lipinski definition) is 0. The van der Waals surface area contributed by atoms with Crippen LogP contribution in [-0.2, 0) is 6.54 Å². The Labute approximate surface area is 130 Å². The topological polar surface area (TPSA) is 33.2 Å². The molecule has 0 spiro atoms. The first-order chi connectivity index (χ1) is 10.1. The second-order valence-electron chi connectivity index (χ2n) is 5.21. The van der Waals surface area contributed by atoms with Crippen molar-refractivity contribution < 1.29 is 4.79 Å². The summed E-state index contributed by atoms with van der Waals surface area (Å²) in [6.07, 6.45) is 2.11. The molecule has 1 aromatic carbocycles. The Hall–Kier alpha value is -1.68. The maximum atomic E-state index is 12.8. The number of thiazole rings is 1. The van der Waals surface area contributed by atoms with Crippen molar-refractivity contribution in [3.05, 3.63) is 51.5 Å². The monoisotopic (exact) mass is 302 g/mol. The molecule has 0 aliphatic heterocycles. The minimum absolute atomic E-state index is 0.107. The molecular formula is C17H22N2OS. The lowest BCUT2D eigenvalue weighted by molar-refractivity contribution is 0.0744. The predicted molar refractivity (Wildman–Crippen MR) is 87.7 cm³/mol. The van der Waals surface area contributed by atoms with E-state index in [9.17, 15) is 4.79 Å². The summed E-state index contributed by atoms with van der Waals surface area (Å²) in [7, 11) is 0. The molecule has 0 aliphatic carbocycles. The molecule has 4 heteroatoms. The maximum Gasteiger partial charge on any atom is 0.266 e. The fraction of sp³-hybridized carbons (Fsp3) is 0.412. The summed E-state index contributed by atoms with van der Waals surface area (Å²) in [6, 6.07) is 10.2. The van der Waals surface area contributed by atoms with Crippen LogP contribution in [0.2, 0.25) is 0 Å². The first kappa shape index (κ1) is 15.7. The lowest BCUT2D eigenvalue weighted by Crippen LogP contribution is -2.31. The normalized spacial score (nSPS) is 10.6. The first-order valence-corrected chi connectivity index (χ1v) is 8.20. The van der Waals surface area contributed by atoms with Crippen molar-refractivity contribution in [2.24, 2.45) is 0 Å². The minimum atomic E-state index is 0.107. The minimum Gasteiger partial charge on any atom is -0.334 e. The van der Waals surface area contributed by atoms with E-state index in [4.69, 9.17) is 0 Å². The fourth-order valence-corrected chi connectivity index (χ4v) is 3.17. The van der Waals surface area contributed by atoms with Crippen LogP contribution in [0.25, 0.3) is 0 Å². The zero-order valence-corrected chi connectivity index (χ0v) is 13.7. The second kappa shape index (κ2) is 7.36. The zero-order valence-electron chi connectivity index (χ0n) is 12.9. The summed E-state index contributed by atoms with van der Waals surface area (Å²) >= 11 is 1.49. The van der Waals surface area contributed by atoms with Crippen molar-refractivity contribution in [3.63, 3.8) is 0 Å². The third-order valence-electron chi connectivity index (χ3n) is 3.38. The van der Waals surface area contributed by atoms with E-state index in [1.165, 1.54) is 16.9 Å². The molecule has 2 aromatic rings. The predicted octanol–water partition coefficient (Wildman–Crippen LogP) is 4.20. The number of carbonyl (C=O) groups excluding carboxylic acids is 1.